The third-order valence-electron chi connectivity index (χ3n) is 1.14. The molecule has 0 heterocycles. The van der Waals surface area contributed by atoms with E-state index in [1.165, 1.54) is 0 Å². The van der Waals surface area contributed by atoms with Gasteiger partial charge in [0.25, 0.3) is 5.60 Å². The molecule has 1 atom stereocenters. The summed E-state index contributed by atoms with van der Waals surface area (Å²) in [4.78, 5) is 20.2. The number of carbonyl (C=O) groups is 2. The fraction of sp³-hybridized carbons (Fsp3) is 0.667. The minimum Gasteiger partial charge on any atom is -0.442 e. The number of rotatable bonds is 2. The Labute approximate surface area is 66.5 Å². The number of aldehydes is 1. The van der Waals surface area contributed by atoms with Crippen molar-refractivity contribution in [3.05, 3.63) is 0 Å². The predicted octanol–water partition coefficient (Wildman–Crippen LogP) is 1.07. The van der Waals surface area contributed by atoms with Crippen molar-refractivity contribution >= 4 is 12.3 Å². The second-order valence-electron chi connectivity index (χ2n) is 2.32. The largest absolute Gasteiger partial charge is 0.442 e. The normalized spacial score (nSPS) is 16.4. The zero-order valence-electron chi connectivity index (χ0n) is 6.44. The number of alkyl halides is 3. The third kappa shape index (κ3) is 2.21. The highest BCUT2D eigenvalue weighted by Gasteiger charge is 2.54. The zero-order chi connectivity index (χ0) is 9.99. The number of hydrogen-bond acceptors (Lipinski definition) is 3. The minimum absolute atomic E-state index is 0.450. The van der Waals surface area contributed by atoms with E-state index < -0.39 is 24.0 Å². The topological polar surface area (TPSA) is 43.4 Å². The van der Waals surface area contributed by atoms with Crippen LogP contribution in [-0.2, 0) is 14.3 Å². The van der Waals surface area contributed by atoms with Gasteiger partial charge in [-0.05, 0) is 6.92 Å². The Morgan fingerprint density at radius 3 is 1.92 bits per heavy atom. The van der Waals surface area contributed by atoms with Crippen LogP contribution >= 0.6 is 0 Å². The molecule has 0 rings (SSSR count). The van der Waals surface area contributed by atoms with Gasteiger partial charge >= 0.3 is 12.1 Å². The molecule has 0 saturated heterocycles. The van der Waals surface area contributed by atoms with E-state index >= 15 is 0 Å². The Kier molecular flexibility index (Phi) is 2.84. The molecule has 0 saturated carbocycles. The van der Waals surface area contributed by atoms with Crippen molar-refractivity contribution in [1.29, 1.82) is 0 Å². The van der Waals surface area contributed by atoms with Crippen LogP contribution < -0.4 is 0 Å². The van der Waals surface area contributed by atoms with Crippen molar-refractivity contribution in [2.24, 2.45) is 0 Å². The average Bonchev–Trinajstić information content (AvgIpc) is 1.83. The lowest BCUT2D eigenvalue weighted by Gasteiger charge is -2.25. The molecule has 0 amide bonds. The summed E-state index contributed by atoms with van der Waals surface area (Å²) in [6, 6.07) is 0. The minimum atomic E-state index is -4.87. The molecular formula is C6H7F3O3. The monoisotopic (exact) mass is 184 g/mol. The van der Waals surface area contributed by atoms with Gasteiger partial charge in [0.05, 0.1) is 0 Å². The van der Waals surface area contributed by atoms with Crippen LogP contribution in [0.4, 0.5) is 13.2 Å². The van der Waals surface area contributed by atoms with Crippen molar-refractivity contribution in [2.75, 3.05) is 0 Å². The first-order chi connectivity index (χ1) is 5.23. The molecule has 1 unspecified atom stereocenters. The second-order valence-corrected chi connectivity index (χ2v) is 2.32. The summed E-state index contributed by atoms with van der Waals surface area (Å²) in [5, 5.41) is 0. The fourth-order valence-corrected chi connectivity index (χ4v) is 0.447. The fourth-order valence-electron chi connectivity index (χ4n) is 0.447. The summed E-state index contributed by atoms with van der Waals surface area (Å²) < 4.78 is 39.7. The van der Waals surface area contributed by atoms with E-state index in [2.05, 4.69) is 4.74 Å². The SMILES string of the molecule is CC(=O)OC(C)(C=O)C(F)(F)F. The van der Waals surface area contributed by atoms with Gasteiger partial charge in [-0.3, -0.25) is 9.59 Å². The van der Waals surface area contributed by atoms with Crippen LogP contribution in [0.2, 0.25) is 0 Å². The molecule has 0 radical (unpaired) electrons. The third-order valence-corrected chi connectivity index (χ3v) is 1.14. The van der Waals surface area contributed by atoms with Gasteiger partial charge in [-0.2, -0.15) is 13.2 Å². The van der Waals surface area contributed by atoms with Crippen molar-refractivity contribution < 1.29 is 27.5 Å². The highest BCUT2D eigenvalue weighted by molar-refractivity contribution is 5.73. The van der Waals surface area contributed by atoms with Gasteiger partial charge in [-0.25, -0.2) is 0 Å². The molecule has 0 spiro atoms. The van der Waals surface area contributed by atoms with Crippen LogP contribution in [0.3, 0.4) is 0 Å². The molecule has 0 aliphatic carbocycles. The highest BCUT2D eigenvalue weighted by atomic mass is 19.4. The van der Waals surface area contributed by atoms with Crippen molar-refractivity contribution in [3.63, 3.8) is 0 Å². The van der Waals surface area contributed by atoms with Crippen LogP contribution in [0.25, 0.3) is 0 Å². The summed E-state index contributed by atoms with van der Waals surface area (Å²) in [6.07, 6.45) is -5.32. The van der Waals surface area contributed by atoms with Crippen molar-refractivity contribution in [3.8, 4) is 0 Å². The number of esters is 1. The standard InChI is InChI=1S/C6H7F3O3/c1-4(11)12-5(2,3-10)6(7,8)9/h3H,1-2H3. The molecule has 0 aliphatic rings. The molecule has 0 fully saturated rings. The Hall–Kier alpha value is -1.07. The quantitative estimate of drug-likeness (QED) is 0.476. The first-order valence-electron chi connectivity index (χ1n) is 2.95. The Morgan fingerprint density at radius 2 is 1.83 bits per heavy atom. The average molecular weight is 184 g/mol. The van der Waals surface area contributed by atoms with E-state index in [0.29, 0.717) is 6.92 Å². The maximum absolute atomic E-state index is 12.0. The van der Waals surface area contributed by atoms with Crippen LogP contribution in [0.1, 0.15) is 13.8 Å². The Morgan fingerprint density at radius 1 is 1.42 bits per heavy atom. The molecule has 0 aromatic rings. The Bertz CT molecular complexity index is 199. The number of carbonyl (C=O) groups excluding carboxylic acids is 2. The Balaban J connectivity index is 4.68. The van der Waals surface area contributed by atoms with E-state index in [-0.39, 0.29) is 0 Å². The summed E-state index contributed by atoms with van der Waals surface area (Å²) in [6.45, 7) is 1.29. The lowest BCUT2D eigenvalue weighted by atomic mass is 10.1. The van der Waals surface area contributed by atoms with Crippen LogP contribution in [0, 0.1) is 0 Å². The van der Waals surface area contributed by atoms with E-state index in [0.717, 1.165) is 6.92 Å². The smallest absolute Gasteiger partial charge is 0.435 e. The summed E-state index contributed by atoms with van der Waals surface area (Å²) >= 11 is 0. The highest BCUT2D eigenvalue weighted by Crippen LogP contribution is 2.31. The molecule has 0 aliphatic heterocycles. The van der Waals surface area contributed by atoms with Gasteiger partial charge in [-0.1, -0.05) is 0 Å². The molecule has 70 valence electrons. The molecule has 6 heteroatoms. The van der Waals surface area contributed by atoms with E-state index in [9.17, 15) is 22.8 Å². The van der Waals surface area contributed by atoms with E-state index in [1.54, 1.807) is 0 Å². The van der Waals surface area contributed by atoms with E-state index in [1.807, 2.05) is 0 Å². The van der Waals surface area contributed by atoms with Gasteiger partial charge in [0, 0.05) is 6.92 Å². The first kappa shape index (κ1) is 10.9. The van der Waals surface area contributed by atoms with Crippen molar-refractivity contribution in [1.82, 2.24) is 0 Å². The predicted molar refractivity (Wildman–Crippen MR) is 32.3 cm³/mol. The number of ether oxygens (including phenoxy) is 1. The summed E-state index contributed by atoms with van der Waals surface area (Å²) in [5.74, 6) is -1.15. The van der Waals surface area contributed by atoms with Gasteiger partial charge in [0.2, 0.25) is 0 Å². The molecule has 0 bridgehead atoms. The van der Waals surface area contributed by atoms with Gasteiger partial charge in [0.1, 0.15) is 0 Å². The molecular weight excluding hydrogens is 177 g/mol. The van der Waals surface area contributed by atoms with Gasteiger partial charge in [0.15, 0.2) is 6.29 Å². The van der Waals surface area contributed by atoms with Gasteiger partial charge < -0.3 is 4.74 Å². The van der Waals surface area contributed by atoms with Crippen LogP contribution in [0.5, 0.6) is 0 Å². The molecule has 0 aromatic carbocycles. The van der Waals surface area contributed by atoms with Crippen LogP contribution in [0.15, 0.2) is 0 Å². The molecule has 12 heavy (non-hydrogen) atoms. The lowest BCUT2D eigenvalue weighted by molar-refractivity contribution is -0.249. The van der Waals surface area contributed by atoms with Crippen molar-refractivity contribution in [2.45, 2.75) is 25.6 Å². The molecule has 3 nitrogen and oxygen atoms in total. The lowest BCUT2D eigenvalue weighted by Crippen LogP contribution is -2.47. The molecule has 0 N–H and O–H groups in total. The zero-order valence-corrected chi connectivity index (χ0v) is 6.44. The van der Waals surface area contributed by atoms with E-state index in [4.69, 9.17) is 0 Å². The molecule has 0 aromatic heterocycles. The first-order valence-corrected chi connectivity index (χ1v) is 2.95. The maximum atomic E-state index is 12.0. The summed E-state index contributed by atoms with van der Waals surface area (Å²) in [5.41, 5.74) is -3.03. The van der Waals surface area contributed by atoms with Gasteiger partial charge in [-0.15, -0.1) is 0 Å². The number of halogens is 3. The summed E-state index contributed by atoms with van der Waals surface area (Å²) in [7, 11) is 0. The number of hydrogen-bond donors (Lipinski definition) is 0. The van der Waals surface area contributed by atoms with Crippen LogP contribution in [-0.4, -0.2) is 24.0 Å². The second kappa shape index (κ2) is 3.12. The maximum Gasteiger partial charge on any atom is 0.435 e.